The number of ether oxygens (including phenoxy) is 2. The number of aromatic nitrogens is 1. The van der Waals surface area contributed by atoms with E-state index < -0.39 is 20.9 Å². The Morgan fingerprint density at radius 3 is 2.45 bits per heavy atom. The fourth-order valence-electron chi connectivity index (χ4n) is 3.65. The Hall–Kier alpha value is -1.94. The zero-order chi connectivity index (χ0) is 23.2. The second-order valence-corrected chi connectivity index (χ2v) is 11.9. The molecule has 1 fully saturated rings. The molecule has 3 rings (SSSR count). The highest BCUT2D eigenvalue weighted by molar-refractivity contribution is 7.93. The van der Waals surface area contributed by atoms with E-state index in [2.05, 4.69) is 4.98 Å². The minimum atomic E-state index is -3.95. The molecule has 0 aliphatic carbocycles. The number of carbonyl (C=O) groups excluding carboxylic acids is 2. The smallest absolute Gasteiger partial charge is 0.217 e. The van der Waals surface area contributed by atoms with Crippen LogP contribution in [0.5, 0.6) is 0 Å². The summed E-state index contributed by atoms with van der Waals surface area (Å²) in [6.45, 7) is 8.91. The van der Waals surface area contributed by atoms with Crippen LogP contribution in [0.1, 0.15) is 66.8 Å². The molecule has 7 nitrogen and oxygen atoms in total. The van der Waals surface area contributed by atoms with Crippen LogP contribution in [-0.4, -0.2) is 44.8 Å². The van der Waals surface area contributed by atoms with Crippen LogP contribution in [0.3, 0.4) is 0 Å². The van der Waals surface area contributed by atoms with E-state index in [9.17, 15) is 18.0 Å². The Bertz CT molecular complexity index is 1130. The lowest BCUT2D eigenvalue weighted by molar-refractivity contribution is -0.0647. The highest BCUT2D eigenvalue weighted by Gasteiger charge is 2.46. The summed E-state index contributed by atoms with van der Waals surface area (Å²) in [4.78, 5) is 29.2. The summed E-state index contributed by atoms with van der Waals surface area (Å²) < 4.78 is 38.1. The molecule has 2 aromatic rings. The van der Waals surface area contributed by atoms with Crippen LogP contribution < -0.4 is 0 Å². The van der Waals surface area contributed by atoms with Crippen molar-refractivity contribution < 1.29 is 27.5 Å². The summed E-state index contributed by atoms with van der Waals surface area (Å²) in [7, 11) is -2.39. The number of ketones is 2. The summed E-state index contributed by atoms with van der Waals surface area (Å²) in [6, 6.07) is 4.06. The van der Waals surface area contributed by atoms with E-state index in [0.717, 1.165) is 11.3 Å². The summed E-state index contributed by atoms with van der Waals surface area (Å²) in [5.41, 5.74) is -1.24. The van der Waals surface area contributed by atoms with Gasteiger partial charge in [-0.3, -0.25) is 9.59 Å². The Labute approximate surface area is 186 Å². The van der Waals surface area contributed by atoms with Gasteiger partial charge in [-0.15, -0.1) is 11.3 Å². The van der Waals surface area contributed by atoms with Gasteiger partial charge in [-0.2, -0.15) is 0 Å². The van der Waals surface area contributed by atoms with Crippen molar-refractivity contribution in [1.29, 1.82) is 0 Å². The maximum Gasteiger partial charge on any atom is 0.217 e. The van der Waals surface area contributed by atoms with Crippen LogP contribution in [0.25, 0.3) is 0 Å². The standard InChI is InChI=1S/C22H27NO6S2/c1-13(24)16-8-7-15(11-17(16)19(25)21(3,4)5)31(26,27)18-12-23-20(30-18)22(28-6)9-10-29-14(22)2/h7-8,11-12,14H,9-10H2,1-6H3. The van der Waals surface area contributed by atoms with Gasteiger partial charge in [0.1, 0.15) is 14.8 Å². The predicted octanol–water partition coefficient (Wildman–Crippen LogP) is 4.06. The molecular weight excluding hydrogens is 438 g/mol. The molecule has 31 heavy (non-hydrogen) atoms. The maximum atomic E-state index is 13.3. The first-order chi connectivity index (χ1) is 14.3. The van der Waals surface area contributed by atoms with Crippen molar-refractivity contribution in [2.45, 2.75) is 61.8 Å². The zero-order valence-corrected chi connectivity index (χ0v) is 20.1. The molecule has 9 heteroatoms. The zero-order valence-electron chi connectivity index (χ0n) is 18.5. The van der Waals surface area contributed by atoms with Gasteiger partial charge < -0.3 is 9.47 Å². The minimum absolute atomic E-state index is 0.0442. The highest BCUT2D eigenvalue weighted by atomic mass is 32.2. The molecule has 1 aliphatic heterocycles. The molecule has 1 aromatic heterocycles. The van der Waals surface area contributed by atoms with Crippen molar-refractivity contribution in [3.63, 3.8) is 0 Å². The largest absolute Gasteiger partial charge is 0.375 e. The summed E-state index contributed by atoms with van der Waals surface area (Å²) in [5.74, 6) is -0.594. The van der Waals surface area contributed by atoms with E-state index in [-0.39, 0.29) is 37.9 Å². The fraction of sp³-hybridized carbons (Fsp3) is 0.500. The van der Waals surface area contributed by atoms with Crippen LogP contribution in [0, 0.1) is 5.41 Å². The van der Waals surface area contributed by atoms with Gasteiger partial charge in [-0.05, 0) is 32.0 Å². The van der Waals surface area contributed by atoms with Crippen molar-refractivity contribution in [2.24, 2.45) is 5.41 Å². The van der Waals surface area contributed by atoms with E-state index in [1.165, 1.54) is 31.3 Å². The third-order valence-corrected chi connectivity index (χ3v) is 8.95. The fourth-order valence-corrected chi connectivity index (χ4v) is 6.48. The topological polar surface area (TPSA) is 99.6 Å². The van der Waals surface area contributed by atoms with Crippen molar-refractivity contribution in [1.82, 2.24) is 4.98 Å². The molecule has 168 valence electrons. The van der Waals surface area contributed by atoms with Gasteiger partial charge in [0, 0.05) is 30.1 Å². The first kappa shape index (κ1) is 23.7. The molecule has 0 amide bonds. The molecule has 2 heterocycles. The van der Waals surface area contributed by atoms with Crippen molar-refractivity contribution >= 4 is 32.7 Å². The van der Waals surface area contributed by atoms with E-state index >= 15 is 0 Å². The van der Waals surface area contributed by atoms with Gasteiger partial charge in [-0.25, -0.2) is 13.4 Å². The van der Waals surface area contributed by atoms with E-state index in [4.69, 9.17) is 9.47 Å². The van der Waals surface area contributed by atoms with E-state index in [0.29, 0.717) is 18.0 Å². The minimum Gasteiger partial charge on any atom is -0.375 e. The SMILES string of the molecule is COC1(c2ncc(S(=O)(=O)c3ccc(C(C)=O)c(C(=O)C(C)(C)C)c3)s2)CCOC1C. The van der Waals surface area contributed by atoms with Gasteiger partial charge in [0.05, 0.1) is 23.8 Å². The third-order valence-electron chi connectivity index (χ3n) is 5.58. The Morgan fingerprint density at radius 1 is 1.26 bits per heavy atom. The summed E-state index contributed by atoms with van der Waals surface area (Å²) >= 11 is 1.03. The molecule has 0 saturated carbocycles. The summed E-state index contributed by atoms with van der Waals surface area (Å²) in [6.07, 6.45) is 1.63. The van der Waals surface area contributed by atoms with Gasteiger partial charge in [0.25, 0.3) is 0 Å². The second kappa shape index (κ2) is 8.20. The second-order valence-electron chi connectivity index (χ2n) is 8.69. The monoisotopic (exact) mass is 465 g/mol. The number of benzene rings is 1. The molecule has 2 atom stereocenters. The normalized spacial score (nSPS) is 21.9. The third kappa shape index (κ3) is 4.11. The molecule has 0 radical (unpaired) electrons. The van der Waals surface area contributed by atoms with Crippen molar-refractivity contribution in [3.05, 3.63) is 40.5 Å². The molecular formula is C22H27NO6S2. The average Bonchev–Trinajstić information content (AvgIpc) is 3.33. The number of hydrogen-bond donors (Lipinski definition) is 0. The summed E-state index contributed by atoms with van der Waals surface area (Å²) in [5, 5.41) is 0.532. The van der Waals surface area contributed by atoms with Crippen LogP contribution in [0.2, 0.25) is 0 Å². The van der Waals surface area contributed by atoms with Gasteiger partial charge in [0.2, 0.25) is 9.84 Å². The molecule has 0 N–H and O–H groups in total. The van der Waals surface area contributed by atoms with Crippen LogP contribution in [0.15, 0.2) is 33.5 Å². The van der Waals surface area contributed by atoms with Crippen LogP contribution in [-0.2, 0) is 24.9 Å². The number of methoxy groups -OCH3 is 1. The number of rotatable bonds is 6. The lowest BCUT2D eigenvalue weighted by atomic mass is 9.84. The lowest BCUT2D eigenvalue weighted by Crippen LogP contribution is -2.35. The number of sulfone groups is 1. The lowest BCUT2D eigenvalue weighted by Gasteiger charge is -2.28. The van der Waals surface area contributed by atoms with Gasteiger partial charge in [0.15, 0.2) is 11.6 Å². The van der Waals surface area contributed by atoms with E-state index in [1.54, 1.807) is 27.9 Å². The van der Waals surface area contributed by atoms with Gasteiger partial charge >= 0.3 is 0 Å². The maximum absolute atomic E-state index is 13.3. The van der Waals surface area contributed by atoms with E-state index in [1.807, 2.05) is 6.92 Å². The van der Waals surface area contributed by atoms with Crippen molar-refractivity contribution in [3.8, 4) is 0 Å². The van der Waals surface area contributed by atoms with Crippen LogP contribution >= 0.6 is 11.3 Å². The number of carbonyl (C=O) groups is 2. The highest BCUT2D eigenvalue weighted by Crippen LogP contribution is 2.42. The number of thiazole rings is 1. The van der Waals surface area contributed by atoms with Crippen LogP contribution in [0.4, 0.5) is 0 Å². The first-order valence-electron chi connectivity index (χ1n) is 9.92. The Balaban J connectivity index is 2.08. The Kier molecular flexibility index (Phi) is 6.27. The molecule has 1 aliphatic rings. The molecule has 0 spiro atoms. The average molecular weight is 466 g/mol. The predicted molar refractivity (Wildman–Crippen MR) is 117 cm³/mol. The number of nitrogens with zero attached hydrogens (tertiary/aromatic N) is 1. The molecule has 1 saturated heterocycles. The molecule has 2 unspecified atom stereocenters. The first-order valence-corrected chi connectivity index (χ1v) is 12.2. The molecule has 0 bridgehead atoms. The number of hydrogen-bond acceptors (Lipinski definition) is 8. The number of Topliss-reactive ketones (excluding diaryl/α,β-unsaturated/α-hetero) is 2. The molecule has 1 aromatic carbocycles. The Morgan fingerprint density at radius 2 is 1.94 bits per heavy atom. The van der Waals surface area contributed by atoms with Gasteiger partial charge in [-0.1, -0.05) is 20.8 Å². The van der Waals surface area contributed by atoms with Crippen molar-refractivity contribution in [2.75, 3.05) is 13.7 Å². The quantitative estimate of drug-likeness (QED) is 0.593.